The van der Waals surface area contributed by atoms with Crippen LogP contribution in [-0.2, 0) is 24.7 Å². The van der Waals surface area contributed by atoms with E-state index in [0.717, 1.165) is 32.1 Å². The van der Waals surface area contributed by atoms with Gasteiger partial charge in [-0.25, -0.2) is 16.8 Å². The Labute approximate surface area is 166 Å². The van der Waals surface area contributed by atoms with Gasteiger partial charge in [-0.3, -0.25) is 4.79 Å². The molecule has 28 heavy (non-hydrogen) atoms. The standard InChI is InChI=1S/C19H27NO6S2/c21-19(22)16-7-4-12-20(13-16)28(25,26)18-10-8-17(9-11-18)27(23,24)14-15-5-2-1-3-6-15/h8-11,15-16H,1-7,12-14H2,(H,21,22)/t16-/m0/s1. The summed E-state index contributed by atoms with van der Waals surface area (Å²) in [6.07, 6.45) is 6.07. The number of hydrogen-bond donors (Lipinski definition) is 1. The Morgan fingerprint density at radius 3 is 2.14 bits per heavy atom. The molecule has 156 valence electrons. The SMILES string of the molecule is O=C(O)[C@H]1CCCN(S(=O)(=O)c2ccc(S(=O)(=O)CC3CCCCC3)cc2)C1. The Kier molecular flexibility index (Phi) is 6.46. The van der Waals surface area contributed by atoms with Crippen molar-refractivity contribution >= 4 is 25.8 Å². The van der Waals surface area contributed by atoms with E-state index < -0.39 is 31.7 Å². The third-order valence-electron chi connectivity index (χ3n) is 5.73. The van der Waals surface area contributed by atoms with E-state index in [9.17, 15) is 21.6 Å². The number of rotatable bonds is 6. The van der Waals surface area contributed by atoms with Crippen molar-refractivity contribution in [2.24, 2.45) is 11.8 Å². The van der Waals surface area contributed by atoms with Crippen LogP contribution in [0.1, 0.15) is 44.9 Å². The first-order chi connectivity index (χ1) is 13.2. The highest BCUT2D eigenvalue weighted by atomic mass is 32.2. The monoisotopic (exact) mass is 429 g/mol. The molecule has 0 bridgehead atoms. The number of hydrogen-bond acceptors (Lipinski definition) is 5. The maximum atomic E-state index is 12.8. The molecule has 1 aromatic carbocycles. The quantitative estimate of drug-likeness (QED) is 0.744. The number of sulfone groups is 1. The summed E-state index contributed by atoms with van der Waals surface area (Å²) in [6.45, 7) is 0.216. The van der Waals surface area contributed by atoms with Crippen LogP contribution in [0.5, 0.6) is 0 Å². The van der Waals surface area contributed by atoms with Crippen molar-refractivity contribution in [3.63, 3.8) is 0 Å². The van der Waals surface area contributed by atoms with Gasteiger partial charge in [0.2, 0.25) is 10.0 Å². The molecule has 1 aliphatic heterocycles. The first-order valence-corrected chi connectivity index (χ1v) is 12.8. The zero-order chi connectivity index (χ0) is 20.4. The van der Waals surface area contributed by atoms with Crippen LogP contribution in [0.25, 0.3) is 0 Å². The summed E-state index contributed by atoms with van der Waals surface area (Å²) >= 11 is 0. The van der Waals surface area contributed by atoms with Gasteiger partial charge in [-0.05, 0) is 55.9 Å². The van der Waals surface area contributed by atoms with Gasteiger partial charge in [0.1, 0.15) is 0 Å². The number of benzene rings is 1. The molecule has 1 heterocycles. The Bertz CT molecular complexity index is 902. The third kappa shape index (κ3) is 4.75. The fourth-order valence-corrected chi connectivity index (χ4v) is 7.31. The van der Waals surface area contributed by atoms with Crippen LogP contribution < -0.4 is 0 Å². The Morgan fingerprint density at radius 1 is 0.929 bits per heavy atom. The summed E-state index contributed by atoms with van der Waals surface area (Å²) in [7, 11) is -7.30. The molecule has 0 radical (unpaired) electrons. The molecule has 0 amide bonds. The van der Waals surface area contributed by atoms with Gasteiger partial charge in [0, 0.05) is 13.1 Å². The van der Waals surface area contributed by atoms with Crippen molar-refractivity contribution in [2.75, 3.05) is 18.8 Å². The highest BCUT2D eigenvalue weighted by Gasteiger charge is 2.33. The van der Waals surface area contributed by atoms with E-state index in [1.54, 1.807) is 0 Å². The molecular weight excluding hydrogens is 402 g/mol. The van der Waals surface area contributed by atoms with Gasteiger partial charge in [0.15, 0.2) is 9.84 Å². The van der Waals surface area contributed by atoms with Crippen molar-refractivity contribution < 1.29 is 26.7 Å². The lowest BCUT2D eigenvalue weighted by molar-refractivity contribution is -0.142. The Hall–Kier alpha value is -1.45. The van der Waals surface area contributed by atoms with Gasteiger partial charge in [0.05, 0.1) is 21.5 Å². The number of carboxylic acid groups (broad SMARTS) is 1. The van der Waals surface area contributed by atoms with Gasteiger partial charge < -0.3 is 5.11 Å². The van der Waals surface area contributed by atoms with Crippen LogP contribution in [-0.4, -0.2) is 51.1 Å². The summed E-state index contributed by atoms with van der Waals surface area (Å²) in [4.78, 5) is 11.3. The van der Waals surface area contributed by atoms with Crippen molar-refractivity contribution in [1.82, 2.24) is 4.31 Å². The number of piperidine rings is 1. The molecule has 1 aliphatic carbocycles. The molecule has 9 heteroatoms. The highest BCUT2D eigenvalue weighted by molar-refractivity contribution is 7.91. The molecule has 7 nitrogen and oxygen atoms in total. The van der Waals surface area contributed by atoms with Crippen molar-refractivity contribution in [1.29, 1.82) is 0 Å². The first-order valence-electron chi connectivity index (χ1n) is 9.76. The largest absolute Gasteiger partial charge is 0.481 e. The smallest absolute Gasteiger partial charge is 0.307 e. The topological polar surface area (TPSA) is 109 Å². The molecule has 2 aliphatic rings. The molecule has 0 aromatic heterocycles. The Morgan fingerprint density at radius 2 is 1.54 bits per heavy atom. The number of carbonyl (C=O) groups is 1. The lowest BCUT2D eigenvalue weighted by Crippen LogP contribution is -2.42. The molecule has 0 unspecified atom stereocenters. The van der Waals surface area contributed by atoms with E-state index in [2.05, 4.69) is 0 Å². The summed E-state index contributed by atoms with van der Waals surface area (Å²) in [5.74, 6) is -1.43. The molecule has 1 atom stereocenters. The second kappa shape index (κ2) is 8.51. The summed E-state index contributed by atoms with van der Waals surface area (Å²) in [5, 5.41) is 9.16. The van der Waals surface area contributed by atoms with Gasteiger partial charge in [-0.15, -0.1) is 0 Å². The number of carboxylic acids is 1. The van der Waals surface area contributed by atoms with E-state index >= 15 is 0 Å². The van der Waals surface area contributed by atoms with Gasteiger partial charge in [-0.2, -0.15) is 4.31 Å². The zero-order valence-corrected chi connectivity index (χ0v) is 17.4. The van der Waals surface area contributed by atoms with Crippen molar-refractivity contribution in [2.45, 2.75) is 54.7 Å². The minimum Gasteiger partial charge on any atom is -0.481 e. The molecule has 3 rings (SSSR count). The summed E-state index contributed by atoms with van der Waals surface area (Å²) in [6, 6.07) is 5.33. The van der Waals surface area contributed by atoms with Crippen LogP contribution in [0, 0.1) is 11.8 Å². The normalized spacial score (nSPS) is 22.8. The fraction of sp³-hybridized carbons (Fsp3) is 0.632. The lowest BCUT2D eigenvalue weighted by atomic mass is 9.91. The predicted octanol–water partition coefficient (Wildman–Crippen LogP) is 2.53. The number of nitrogens with zero attached hydrogens (tertiary/aromatic N) is 1. The molecule has 1 saturated heterocycles. The van der Waals surface area contributed by atoms with E-state index in [0.29, 0.717) is 12.8 Å². The number of sulfonamides is 1. The molecule has 2 fully saturated rings. The minimum absolute atomic E-state index is 0.00449. The summed E-state index contributed by atoms with van der Waals surface area (Å²) in [5.41, 5.74) is 0. The third-order valence-corrected chi connectivity index (χ3v) is 9.51. The van der Waals surface area contributed by atoms with E-state index in [-0.39, 0.29) is 34.6 Å². The zero-order valence-electron chi connectivity index (χ0n) is 15.8. The van der Waals surface area contributed by atoms with Gasteiger partial charge in [-0.1, -0.05) is 19.3 Å². The van der Waals surface area contributed by atoms with E-state index in [1.807, 2.05) is 0 Å². The average molecular weight is 430 g/mol. The molecule has 1 aromatic rings. The number of aliphatic carboxylic acids is 1. The van der Waals surface area contributed by atoms with Crippen molar-refractivity contribution in [3.05, 3.63) is 24.3 Å². The molecular formula is C19H27NO6S2. The van der Waals surface area contributed by atoms with E-state index in [4.69, 9.17) is 5.11 Å². The van der Waals surface area contributed by atoms with Crippen LogP contribution in [0.2, 0.25) is 0 Å². The highest BCUT2D eigenvalue weighted by Crippen LogP contribution is 2.28. The first kappa shape index (κ1) is 21.3. The van der Waals surface area contributed by atoms with Crippen molar-refractivity contribution in [3.8, 4) is 0 Å². The molecule has 1 N–H and O–H groups in total. The van der Waals surface area contributed by atoms with E-state index in [1.165, 1.54) is 28.6 Å². The second-order valence-corrected chi connectivity index (χ2v) is 11.8. The second-order valence-electron chi connectivity index (χ2n) is 7.80. The lowest BCUT2D eigenvalue weighted by Gasteiger charge is -2.29. The summed E-state index contributed by atoms with van der Waals surface area (Å²) < 4.78 is 52.1. The van der Waals surface area contributed by atoms with Crippen LogP contribution in [0.4, 0.5) is 0 Å². The fourth-order valence-electron chi connectivity index (χ4n) is 4.09. The van der Waals surface area contributed by atoms with Crippen LogP contribution >= 0.6 is 0 Å². The average Bonchev–Trinajstić information content (AvgIpc) is 2.68. The van der Waals surface area contributed by atoms with Gasteiger partial charge >= 0.3 is 5.97 Å². The van der Waals surface area contributed by atoms with Gasteiger partial charge in [0.25, 0.3) is 0 Å². The Balaban J connectivity index is 1.74. The molecule has 1 saturated carbocycles. The predicted molar refractivity (Wildman–Crippen MR) is 104 cm³/mol. The minimum atomic E-state index is -3.84. The molecule has 0 spiro atoms. The van der Waals surface area contributed by atoms with Crippen LogP contribution in [0.3, 0.4) is 0 Å². The maximum absolute atomic E-state index is 12.8. The maximum Gasteiger partial charge on any atom is 0.307 e. The van der Waals surface area contributed by atoms with Crippen LogP contribution in [0.15, 0.2) is 34.1 Å².